The van der Waals surface area contributed by atoms with Gasteiger partial charge in [-0.25, -0.2) is 9.99 Å². The predicted molar refractivity (Wildman–Crippen MR) is 191 cm³/mol. The van der Waals surface area contributed by atoms with Crippen molar-refractivity contribution in [1.82, 2.24) is 15.3 Å². The van der Waals surface area contributed by atoms with Gasteiger partial charge in [-0.3, -0.25) is 0 Å². The summed E-state index contributed by atoms with van der Waals surface area (Å²) < 4.78 is 0. The van der Waals surface area contributed by atoms with E-state index in [1.807, 2.05) is 0 Å². The average molecular weight is 599 g/mol. The third-order valence-electron chi connectivity index (χ3n) is 9.35. The molecule has 0 aliphatic carbocycles. The molecule has 1 unspecified atom stereocenters. The number of hydrazine groups is 1. The summed E-state index contributed by atoms with van der Waals surface area (Å²) in [5.74, 6) is 1.68. The molecule has 0 spiro atoms. The van der Waals surface area contributed by atoms with E-state index in [0.717, 1.165) is 80.3 Å². The SMILES string of the molecule is C=CNC(=C)C(CCC)N1Cc2cc(NC(=C)CC3CCN(c4cccc(-c5cccc6ccccc56)n4)CC3)ccc2N1C. The number of piperidine rings is 1. The van der Waals surface area contributed by atoms with E-state index in [0.29, 0.717) is 5.92 Å². The van der Waals surface area contributed by atoms with Gasteiger partial charge >= 0.3 is 0 Å². The van der Waals surface area contributed by atoms with Crippen LogP contribution in [0.4, 0.5) is 17.2 Å². The van der Waals surface area contributed by atoms with Crippen molar-refractivity contribution in [2.75, 3.05) is 35.4 Å². The molecule has 2 N–H and O–H groups in total. The highest BCUT2D eigenvalue weighted by molar-refractivity contribution is 5.95. The molecule has 0 amide bonds. The number of hydrogen-bond acceptors (Lipinski definition) is 6. The summed E-state index contributed by atoms with van der Waals surface area (Å²) in [6.45, 7) is 17.6. The van der Waals surface area contributed by atoms with Gasteiger partial charge in [0.2, 0.25) is 0 Å². The van der Waals surface area contributed by atoms with E-state index < -0.39 is 0 Å². The van der Waals surface area contributed by atoms with Gasteiger partial charge in [-0.15, -0.1) is 0 Å². The fraction of sp³-hybridized carbons (Fsp3) is 0.308. The zero-order valence-electron chi connectivity index (χ0n) is 26.8. The molecule has 2 aliphatic rings. The zero-order valence-corrected chi connectivity index (χ0v) is 26.8. The molecule has 0 radical (unpaired) electrons. The summed E-state index contributed by atoms with van der Waals surface area (Å²) in [5.41, 5.74) is 7.95. The van der Waals surface area contributed by atoms with Gasteiger partial charge in [0.05, 0.1) is 17.4 Å². The number of fused-ring (bicyclic) bond motifs is 2. The Morgan fingerprint density at radius 2 is 1.78 bits per heavy atom. The molecule has 1 aromatic heterocycles. The van der Waals surface area contributed by atoms with Gasteiger partial charge in [-0.1, -0.05) is 81.6 Å². The Bertz CT molecular complexity index is 1680. The van der Waals surface area contributed by atoms with Gasteiger partial charge in [0.15, 0.2) is 0 Å². The number of rotatable bonds is 12. The van der Waals surface area contributed by atoms with Crippen LogP contribution in [0.25, 0.3) is 22.0 Å². The van der Waals surface area contributed by atoms with Gasteiger partial charge in [0.1, 0.15) is 5.82 Å². The normalized spacial score (nSPS) is 16.0. The molecule has 1 fully saturated rings. The number of benzene rings is 3. The summed E-state index contributed by atoms with van der Waals surface area (Å²) in [6, 6.07) is 28.3. The quantitative estimate of drug-likeness (QED) is 0.170. The third kappa shape index (κ3) is 6.62. The fourth-order valence-electron chi connectivity index (χ4n) is 7.02. The van der Waals surface area contributed by atoms with Gasteiger partial charge in [-0.2, -0.15) is 0 Å². The van der Waals surface area contributed by atoms with E-state index in [-0.39, 0.29) is 6.04 Å². The molecule has 4 aromatic rings. The van der Waals surface area contributed by atoms with Crippen LogP contribution in [0.3, 0.4) is 0 Å². The lowest BCUT2D eigenvalue weighted by Crippen LogP contribution is -2.45. The Hall–Kier alpha value is -4.55. The summed E-state index contributed by atoms with van der Waals surface area (Å²) in [7, 11) is 2.14. The molecule has 3 heterocycles. The largest absolute Gasteiger partial charge is 0.365 e. The highest BCUT2D eigenvalue weighted by Crippen LogP contribution is 2.36. The second kappa shape index (κ2) is 13.6. The molecule has 0 bridgehead atoms. The smallest absolute Gasteiger partial charge is 0.129 e. The van der Waals surface area contributed by atoms with Crippen molar-refractivity contribution in [2.24, 2.45) is 5.92 Å². The van der Waals surface area contributed by atoms with Crippen LogP contribution in [-0.2, 0) is 6.54 Å². The van der Waals surface area contributed by atoms with Gasteiger partial charge < -0.3 is 20.5 Å². The highest BCUT2D eigenvalue weighted by Gasteiger charge is 2.31. The second-order valence-electron chi connectivity index (χ2n) is 12.4. The number of anilines is 3. The van der Waals surface area contributed by atoms with Gasteiger partial charge in [0, 0.05) is 49.3 Å². The Kier molecular flexibility index (Phi) is 9.22. The van der Waals surface area contributed by atoms with Crippen LogP contribution in [0.2, 0.25) is 0 Å². The molecule has 1 saturated heterocycles. The molecule has 45 heavy (non-hydrogen) atoms. The number of nitrogens with zero attached hydrogens (tertiary/aromatic N) is 4. The van der Waals surface area contributed by atoms with Crippen molar-refractivity contribution >= 4 is 28.0 Å². The van der Waals surface area contributed by atoms with Crippen LogP contribution in [0, 0.1) is 5.92 Å². The Labute approximate surface area is 268 Å². The molecule has 1 atom stereocenters. The summed E-state index contributed by atoms with van der Waals surface area (Å²) in [4.78, 5) is 7.55. The van der Waals surface area contributed by atoms with E-state index in [2.05, 4.69) is 138 Å². The number of allylic oxidation sites excluding steroid dienone is 1. The van der Waals surface area contributed by atoms with Crippen LogP contribution >= 0.6 is 0 Å². The van der Waals surface area contributed by atoms with Gasteiger partial charge in [-0.05, 0) is 84.5 Å². The summed E-state index contributed by atoms with van der Waals surface area (Å²) >= 11 is 0. The summed E-state index contributed by atoms with van der Waals surface area (Å²) in [5, 5.41) is 14.0. The monoisotopic (exact) mass is 598 g/mol. The first kappa shape index (κ1) is 30.5. The fourth-order valence-corrected chi connectivity index (χ4v) is 7.02. The molecular weight excluding hydrogens is 552 g/mol. The lowest BCUT2D eigenvalue weighted by Gasteiger charge is -2.35. The maximum Gasteiger partial charge on any atom is 0.129 e. The van der Waals surface area contributed by atoms with Crippen LogP contribution in [0.1, 0.15) is 44.6 Å². The standard InChI is InChI=1S/C39H46N6/c1-6-12-37(29(4)40-7-2)45-27-32-26-33(19-20-38(32)43(45)5)41-28(3)25-30-21-23-44(24-22-30)39-18-11-17-36(42-39)35-16-10-14-31-13-8-9-15-34(31)35/h7-11,13-20,26,30,37,40-41H,2-4,6,12,21-25,27H2,1,5H3. The third-order valence-corrected chi connectivity index (χ3v) is 9.35. The minimum Gasteiger partial charge on any atom is -0.365 e. The van der Waals surface area contributed by atoms with E-state index >= 15 is 0 Å². The van der Waals surface area contributed by atoms with Gasteiger partial charge in [0.25, 0.3) is 0 Å². The topological polar surface area (TPSA) is 46.7 Å². The van der Waals surface area contributed by atoms with E-state index in [1.54, 1.807) is 6.20 Å². The van der Waals surface area contributed by atoms with Crippen LogP contribution in [-0.4, -0.2) is 36.2 Å². The Balaban J connectivity index is 1.04. The van der Waals surface area contributed by atoms with E-state index in [9.17, 15) is 0 Å². The van der Waals surface area contributed by atoms with Crippen molar-refractivity contribution in [1.29, 1.82) is 0 Å². The highest BCUT2D eigenvalue weighted by atomic mass is 15.6. The number of pyridine rings is 1. The minimum atomic E-state index is 0.207. The number of hydrogen-bond donors (Lipinski definition) is 2. The number of aromatic nitrogens is 1. The van der Waals surface area contributed by atoms with Crippen LogP contribution in [0.5, 0.6) is 0 Å². The van der Waals surface area contributed by atoms with Crippen molar-refractivity contribution in [3.8, 4) is 11.3 Å². The molecule has 6 heteroatoms. The van der Waals surface area contributed by atoms with Crippen molar-refractivity contribution in [3.05, 3.63) is 122 Å². The van der Waals surface area contributed by atoms with E-state index in [1.165, 1.54) is 27.6 Å². The molecule has 6 nitrogen and oxygen atoms in total. The minimum absolute atomic E-state index is 0.207. The maximum atomic E-state index is 5.11. The zero-order chi connectivity index (χ0) is 31.3. The van der Waals surface area contributed by atoms with Crippen LogP contribution < -0.4 is 20.5 Å². The average Bonchev–Trinajstić information content (AvgIpc) is 3.38. The molecule has 0 saturated carbocycles. The van der Waals surface area contributed by atoms with Crippen molar-refractivity contribution < 1.29 is 0 Å². The molecule has 2 aliphatic heterocycles. The Morgan fingerprint density at radius 3 is 2.58 bits per heavy atom. The van der Waals surface area contributed by atoms with Crippen LogP contribution in [0.15, 0.2) is 116 Å². The lowest BCUT2D eigenvalue weighted by atomic mass is 9.92. The van der Waals surface area contributed by atoms with Crippen molar-refractivity contribution in [2.45, 2.75) is 51.6 Å². The first-order chi connectivity index (χ1) is 21.9. The molecule has 232 valence electrons. The van der Waals surface area contributed by atoms with E-state index in [4.69, 9.17) is 4.98 Å². The maximum absolute atomic E-state index is 5.11. The Morgan fingerprint density at radius 1 is 1.00 bits per heavy atom. The first-order valence-electron chi connectivity index (χ1n) is 16.3. The molecular formula is C39H46N6. The first-order valence-corrected chi connectivity index (χ1v) is 16.3. The summed E-state index contributed by atoms with van der Waals surface area (Å²) in [6.07, 6.45) is 7.07. The van der Waals surface area contributed by atoms with Crippen molar-refractivity contribution in [3.63, 3.8) is 0 Å². The number of nitrogens with one attached hydrogen (secondary N) is 2. The molecule has 6 rings (SSSR count). The predicted octanol–water partition coefficient (Wildman–Crippen LogP) is 8.72. The lowest BCUT2D eigenvalue weighted by molar-refractivity contribution is 0.207. The second-order valence-corrected chi connectivity index (χ2v) is 12.4. The molecule has 3 aromatic carbocycles.